The summed E-state index contributed by atoms with van der Waals surface area (Å²) in [5.74, 6) is 0.988. The van der Waals surface area contributed by atoms with Gasteiger partial charge >= 0.3 is 0 Å². The van der Waals surface area contributed by atoms with Gasteiger partial charge in [-0.2, -0.15) is 0 Å². The topological polar surface area (TPSA) is 157 Å². The van der Waals surface area contributed by atoms with Crippen LogP contribution in [0.4, 0.5) is 5.69 Å². The number of carbonyl (C=O) groups excluding carboxylic acids is 2. The van der Waals surface area contributed by atoms with Crippen molar-refractivity contribution < 1.29 is 29.6 Å². The summed E-state index contributed by atoms with van der Waals surface area (Å²) in [6.07, 6.45) is 14.4. The van der Waals surface area contributed by atoms with Crippen LogP contribution in [0, 0.1) is 51.2 Å². The third-order valence-electron chi connectivity index (χ3n) is 20.2. The van der Waals surface area contributed by atoms with Crippen LogP contribution in [-0.2, 0) is 20.9 Å². The van der Waals surface area contributed by atoms with E-state index < -0.39 is 34.1 Å². The van der Waals surface area contributed by atoms with Crippen LogP contribution in [0.15, 0.2) is 65.8 Å². The number of hydrogen-bond acceptors (Lipinski definition) is 9. The predicted octanol–water partition coefficient (Wildman–Crippen LogP) is 9.05. The van der Waals surface area contributed by atoms with Crippen LogP contribution in [0.3, 0.4) is 0 Å². The highest BCUT2D eigenvalue weighted by Gasteiger charge is 2.75. The number of β-amino-alcohol motifs (C(OH)–C–C–N with tert-alkyl or cyclic N) is 1. The summed E-state index contributed by atoms with van der Waals surface area (Å²) in [6.45, 7) is 14.7. The van der Waals surface area contributed by atoms with Crippen molar-refractivity contribution in [2.75, 3.05) is 19.3 Å². The van der Waals surface area contributed by atoms with Gasteiger partial charge in [0.25, 0.3) is 0 Å². The van der Waals surface area contributed by atoms with Crippen molar-refractivity contribution in [3.8, 4) is 5.75 Å². The Bertz CT molecular complexity index is 2300. The molecule has 1 spiro atoms. The molecule has 7 N–H and O–H groups in total. The molecule has 6 fully saturated rings. The molecule has 0 radical (unpaired) electrons. The van der Waals surface area contributed by atoms with Crippen molar-refractivity contribution in [2.24, 2.45) is 51.2 Å². The Morgan fingerprint density at radius 1 is 0.985 bits per heavy atom. The summed E-state index contributed by atoms with van der Waals surface area (Å²) >= 11 is 0. The molecule has 9 nitrogen and oxygen atoms in total. The highest BCUT2D eigenvalue weighted by Crippen LogP contribution is 2.77. The first-order chi connectivity index (χ1) is 30.8. The number of benzene rings is 2. The van der Waals surface area contributed by atoms with E-state index >= 15 is 4.79 Å². The molecular formula is C56H77N3O6. The second-order valence-corrected chi connectivity index (χ2v) is 23.9. The van der Waals surface area contributed by atoms with Crippen molar-refractivity contribution in [1.82, 2.24) is 10.6 Å². The first-order valence-corrected chi connectivity index (χ1v) is 25.4. The fraction of sp³-hybridized carbons (Fsp3) is 0.679. The van der Waals surface area contributed by atoms with E-state index in [0.29, 0.717) is 56.4 Å². The van der Waals surface area contributed by atoms with E-state index in [-0.39, 0.29) is 58.2 Å². The van der Waals surface area contributed by atoms with Crippen LogP contribution in [0.5, 0.6) is 5.75 Å². The quantitative estimate of drug-likeness (QED) is 0.0822. The number of phenols is 1. The molecule has 65 heavy (non-hydrogen) atoms. The number of aliphatic hydroxyl groups is 2. The fourth-order valence-electron chi connectivity index (χ4n) is 17.4. The van der Waals surface area contributed by atoms with E-state index in [9.17, 15) is 20.1 Å². The fourth-order valence-corrected chi connectivity index (χ4v) is 17.4. The minimum absolute atomic E-state index is 0.0335. The molecule has 11 rings (SSSR count). The molecule has 0 amide bonds. The summed E-state index contributed by atoms with van der Waals surface area (Å²) in [7, 11) is 1.91. The van der Waals surface area contributed by atoms with Crippen LogP contribution in [0.25, 0.3) is 0 Å². The molecule has 2 saturated heterocycles. The Hall–Kier alpha value is -3.34. The van der Waals surface area contributed by atoms with Gasteiger partial charge in [-0.3, -0.25) is 9.59 Å². The number of rotatable bonds is 9. The molecule has 2 aromatic carbocycles. The van der Waals surface area contributed by atoms with E-state index in [1.54, 1.807) is 6.07 Å². The molecule has 352 valence electrons. The number of carbonyl (C=O) groups is 2. The smallest absolute Gasteiger partial charge is 0.159 e. The molecule has 4 saturated carbocycles. The lowest BCUT2D eigenvalue weighted by molar-refractivity contribution is -0.211. The maximum atomic E-state index is 15.8. The van der Waals surface area contributed by atoms with Gasteiger partial charge in [-0.25, -0.2) is 0 Å². The molecule has 2 aromatic rings. The van der Waals surface area contributed by atoms with Gasteiger partial charge in [0, 0.05) is 42.1 Å². The minimum atomic E-state index is -0.873. The highest BCUT2D eigenvalue weighted by atomic mass is 16.6. The predicted molar refractivity (Wildman–Crippen MR) is 255 cm³/mol. The monoisotopic (exact) mass is 888 g/mol. The van der Waals surface area contributed by atoms with Gasteiger partial charge in [-0.05, 0) is 172 Å². The zero-order valence-corrected chi connectivity index (χ0v) is 40.2. The van der Waals surface area contributed by atoms with E-state index in [2.05, 4.69) is 75.6 Å². The number of allylic oxidation sites excluding steroid dienone is 4. The Morgan fingerprint density at radius 2 is 1.77 bits per heavy atom. The first-order valence-electron chi connectivity index (χ1n) is 25.4. The molecule has 0 aromatic heterocycles. The van der Waals surface area contributed by atoms with Crippen molar-refractivity contribution >= 4 is 17.3 Å². The molecular weight excluding hydrogens is 811 g/mol. The number of anilines is 1. The van der Waals surface area contributed by atoms with Crippen molar-refractivity contribution in [3.63, 3.8) is 0 Å². The highest BCUT2D eigenvalue weighted by molar-refractivity contribution is 6.00. The minimum Gasteiger partial charge on any atom is -0.508 e. The molecule has 16 unspecified atom stereocenters. The first kappa shape index (κ1) is 45.4. The summed E-state index contributed by atoms with van der Waals surface area (Å²) in [5.41, 5.74) is 9.39. The number of aromatic hydroxyl groups is 1. The van der Waals surface area contributed by atoms with Gasteiger partial charge in [0.15, 0.2) is 5.78 Å². The van der Waals surface area contributed by atoms with Gasteiger partial charge in [0.1, 0.15) is 17.6 Å². The van der Waals surface area contributed by atoms with E-state index in [1.807, 2.05) is 32.2 Å². The van der Waals surface area contributed by atoms with Gasteiger partial charge in [0.2, 0.25) is 0 Å². The number of nitrogen functional groups attached to an aromatic ring is 1. The zero-order valence-electron chi connectivity index (χ0n) is 40.2. The summed E-state index contributed by atoms with van der Waals surface area (Å²) in [6, 6.07) is 14.0. The van der Waals surface area contributed by atoms with E-state index in [1.165, 1.54) is 11.1 Å². The van der Waals surface area contributed by atoms with Crippen LogP contribution < -0.4 is 16.4 Å². The number of nitrogens with one attached hydrogen (secondary N) is 2. The maximum absolute atomic E-state index is 15.8. The normalized spacial score (nSPS) is 44.3. The van der Waals surface area contributed by atoms with Crippen molar-refractivity contribution in [3.05, 3.63) is 82.5 Å². The Labute approximate surface area is 387 Å². The van der Waals surface area contributed by atoms with E-state index in [0.717, 1.165) is 80.2 Å². The summed E-state index contributed by atoms with van der Waals surface area (Å²) < 4.78 is 6.54. The number of epoxide rings is 1. The summed E-state index contributed by atoms with van der Waals surface area (Å²) in [4.78, 5) is 30.6. The maximum Gasteiger partial charge on any atom is 0.159 e. The second kappa shape index (κ2) is 15.9. The molecule has 2 bridgehead atoms. The molecule has 16 atom stereocenters. The Morgan fingerprint density at radius 3 is 2.54 bits per heavy atom. The molecule has 2 aliphatic heterocycles. The van der Waals surface area contributed by atoms with Crippen LogP contribution >= 0.6 is 0 Å². The Balaban J connectivity index is 1.00. The van der Waals surface area contributed by atoms with Gasteiger partial charge < -0.3 is 36.4 Å². The third kappa shape index (κ3) is 6.84. The lowest BCUT2D eigenvalue weighted by atomic mass is 9.32. The van der Waals surface area contributed by atoms with Crippen molar-refractivity contribution in [1.29, 1.82) is 0 Å². The number of Topliss-reactive ketones (excluding diaryl/α,β-unsaturated/α-hetero) is 2. The number of aliphatic hydroxyl groups excluding tert-OH is 1. The molecule has 9 heteroatoms. The second-order valence-electron chi connectivity index (χ2n) is 23.9. The molecule has 9 aliphatic rings. The van der Waals surface area contributed by atoms with Crippen LogP contribution in [0.2, 0.25) is 0 Å². The number of fused-ring (bicyclic) bond motifs is 5. The average molecular weight is 888 g/mol. The zero-order chi connectivity index (χ0) is 46.1. The average Bonchev–Trinajstić information content (AvgIpc) is 3.64. The number of ether oxygens (including phenoxy) is 1. The molecule has 7 aliphatic carbocycles. The van der Waals surface area contributed by atoms with Gasteiger partial charge in [-0.15, -0.1) is 0 Å². The largest absolute Gasteiger partial charge is 0.508 e. The number of hydrogen-bond donors (Lipinski definition) is 6. The number of nitrogens with two attached hydrogens (primary N) is 1. The standard InChI is InChI=1S/C56H77N3O6/c1-32(23-43(61)50-55(6,65-50)39-16-11-15-38(39)34-13-10-14-36(57)26-34)46-40-18-19-45-53(4,52(40,3)29-44(46)62)28-42-48-54(45,5)41-17-12-22-56(48,21-9-8-20-51(2,64)31-59-42)49(63)47(41)35-24-33(30-58-7)25-37(60)27-35/h10,12-14,17,24-27,32,38-39,41-43,45,47-48,50,58-61,64H,8-9,11,15-16,18-23,28-31,57H2,1-7H3. The van der Waals surface area contributed by atoms with Crippen molar-refractivity contribution in [2.45, 2.75) is 173 Å². The lowest BCUT2D eigenvalue weighted by Crippen LogP contribution is -2.72. The SMILES string of the molecule is CNCc1cc(O)cc(C2C(=O)C34CC=CC2C2(C)C3C(CC3(C)C2CCC2=C(C(C)CC(O)C5OC5(C)C5CCCC5c5cccc(N)c5)C(=O)CC23C)NCC(C)(O)CCCC4)c1. The Kier molecular flexibility index (Phi) is 11.1. The van der Waals surface area contributed by atoms with Crippen LogP contribution in [-0.4, -0.2) is 69.9 Å². The summed E-state index contributed by atoms with van der Waals surface area (Å²) in [5, 5.41) is 42.2. The van der Waals surface area contributed by atoms with Gasteiger partial charge in [-0.1, -0.05) is 82.9 Å². The lowest BCUT2D eigenvalue weighted by Gasteiger charge is -2.72. The van der Waals surface area contributed by atoms with Crippen LogP contribution in [0.1, 0.15) is 154 Å². The third-order valence-corrected chi connectivity index (χ3v) is 20.2. The molecule has 2 heterocycles. The van der Waals surface area contributed by atoms with Gasteiger partial charge in [0.05, 0.1) is 23.2 Å². The number of ketones is 2. The van der Waals surface area contributed by atoms with E-state index in [4.69, 9.17) is 10.5 Å². The number of phenolic OH excluding ortho intramolecular Hbond substituents is 1.